The van der Waals surface area contributed by atoms with Gasteiger partial charge in [0, 0.05) is 49.4 Å². The number of hydrogen-bond acceptors (Lipinski definition) is 8. The maximum Gasteiger partial charge on any atom is 0.137 e. The number of nitrogens with one attached hydrogen (secondary N) is 3. The number of hydrogen-bond donors (Lipinski definition) is 3. The Morgan fingerprint density at radius 3 is 2.69 bits per heavy atom. The van der Waals surface area contributed by atoms with Crippen molar-refractivity contribution in [1.82, 2.24) is 30.8 Å². The maximum atomic E-state index is 5.50. The molecule has 3 heterocycles. The Kier molecular flexibility index (Phi) is 5.22. The standard InChI is InChI=1S/C21H29N7O/c1-27-20(13-24-26-27)15-2-7-19-18(12-15)21(23-14-22-19)25-16-3-5-17(6-4-16)28-8-10-29-11-9-28/h2,7,12-14,16-17,24,26H,3-6,8-11H2,1H3,(H,22,23,25). The zero-order chi connectivity index (χ0) is 19.6. The van der Waals surface area contributed by atoms with Gasteiger partial charge in [-0.15, -0.1) is 5.53 Å². The summed E-state index contributed by atoms with van der Waals surface area (Å²) in [6.45, 7) is 3.92. The minimum absolute atomic E-state index is 0.464. The van der Waals surface area contributed by atoms with Gasteiger partial charge in [-0.3, -0.25) is 9.91 Å². The molecule has 1 aromatic heterocycles. The summed E-state index contributed by atoms with van der Waals surface area (Å²) in [5.41, 5.74) is 9.28. The monoisotopic (exact) mass is 395 g/mol. The number of ether oxygens (including phenoxy) is 1. The summed E-state index contributed by atoms with van der Waals surface area (Å²) in [5.74, 6) is 0.939. The van der Waals surface area contributed by atoms with E-state index in [4.69, 9.17) is 4.74 Å². The predicted molar refractivity (Wildman–Crippen MR) is 114 cm³/mol. The zero-order valence-corrected chi connectivity index (χ0v) is 16.9. The normalized spacial score (nSPS) is 25.7. The van der Waals surface area contributed by atoms with E-state index in [9.17, 15) is 0 Å². The number of rotatable bonds is 4. The second-order valence-electron chi connectivity index (χ2n) is 8.10. The first-order valence-electron chi connectivity index (χ1n) is 10.6. The van der Waals surface area contributed by atoms with E-state index in [-0.39, 0.29) is 0 Å². The van der Waals surface area contributed by atoms with E-state index in [1.54, 1.807) is 6.33 Å². The molecule has 0 spiro atoms. The van der Waals surface area contributed by atoms with Crippen LogP contribution in [0.15, 0.2) is 30.7 Å². The fraction of sp³-hybridized carbons (Fsp3) is 0.524. The molecule has 2 aliphatic heterocycles. The highest BCUT2D eigenvalue weighted by Gasteiger charge is 2.27. The van der Waals surface area contributed by atoms with Crippen LogP contribution in [-0.4, -0.2) is 65.3 Å². The van der Waals surface area contributed by atoms with Crippen LogP contribution >= 0.6 is 0 Å². The van der Waals surface area contributed by atoms with Crippen LogP contribution in [0, 0.1) is 0 Å². The van der Waals surface area contributed by atoms with Gasteiger partial charge in [0.2, 0.25) is 0 Å². The molecular weight excluding hydrogens is 366 g/mol. The van der Waals surface area contributed by atoms with Crippen LogP contribution in [0.25, 0.3) is 16.6 Å². The third-order valence-corrected chi connectivity index (χ3v) is 6.33. The highest BCUT2D eigenvalue weighted by molar-refractivity contribution is 5.91. The second-order valence-corrected chi connectivity index (χ2v) is 8.10. The Morgan fingerprint density at radius 1 is 1.10 bits per heavy atom. The molecule has 1 aliphatic carbocycles. The van der Waals surface area contributed by atoms with E-state index in [2.05, 4.69) is 49.3 Å². The van der Waals surface area contributed by atoms with Crippen LogP contribution in [0.4, 0.5) is 5.82 Å². The lowest BCUT2D eigenvalue weighted by atomic mass is 9.90. The molecule has 0 bridgehead atoms. The van der Waals surface area contributed by atoms with Gasteiger partial charge in [0.15, 0.2) is 0 Å². The van der Waals surface area contributed by atoms with Gasteiger partial charge in [0.1, 0.15) is 12.1 Å². The van der Waals surface area contributed by atoms with Crippen molar-refractivity contribution < 1.29 is 4.74 Å². The number of anilines is 1. The van der Waals surface area contributed by atoms with Gasteiger partial charge in [-0.05, 0) is 37.8 Å². The van der Waals surface area contributed by atoms with Gasteiger partial charge < -0.3 is 15.5 Å². The summed E-state index contributed by atoms with van der Waals surface area (Å²) in [4.78, 5) is 11.7. The summed E-state index contributed by atoms with van der Waals surface area (Å²) < 4.78 is 5.50. The van der Waals surface area contributed by atoms with E-state index in [0.29, 0.717) is 12.1 Å². The molecule has 2 aromatic rings. The minimum Gasteiger partial charge on any atom is -0.379 e. The highest BCUT2D eigenvalue weighted by Crippen LogP contribution is 2.29. The van der Waals surface area contributed by atoms with Crippen molar-refractivity contribution in [2.45, 2.75) is 37.8 Å². The SMILES string of the molecule is CN1NNC=C1c1ccc2ncnc(NC3CCC(N4CCOCC4)CC3)c2c1. The Bertz CT molecular complexity index is 888. The third kappa shape index (κ3) is 3.88. The van der Waals surface area contributed by atoms with Crippen molar-refractivity contribution in [3.8, 4) is 0 Å². The maximum absolute atomic E-state index is 5.50. The Morgan fingerprint density at radius 2 is 1.93 bits per heavy atom. The molecule has 0 amide bonds. The Balaban J connectivity index is 1.30. The van der Waals surface area contributed by atoms with Crippen LogP contribution in [0.3, 0.4) is 0 Å². The van der Waals surface area contributed by atoms with Gasteiger partial charge in [-0.1, -0.05) is 6.07 Å². The topological polar surface area (TPSA) is 77.6 Å². The van der Waals surface area contributed by atoms with Crippen molar-refractivity contribution in [3.63, 3.8) is 0 Å². The summed E-state index contributed by atoms with van der Waals surface area (Å²) in [5, 5.41) is 6.75. The lowest BCUT2D eigenvalue weighted by Crippen LogP contribution is -2.46. The average molecular weight is 396 g/mol. The van der Waals surface area contributed by atoms with Crippen LogP contribution in [-0.2, 0) is 4.74 Å². The van der Waals surface area contributed by atoms with E-state index < -0.39 is 0 Å². The largest absolute Gasteiger partial charge is 0.379 e. The van der Waals surface area contributed by atoms with Gasteiger partial charge >= 0.3 is 0 Å². The summed E-state index contributed by atoms with van der Waals surface area (Å²) in [7, 11) is 1.99. The molecule has 1 saturated heterocycles. The molecule has 0 radical (unpaired) electrons. The van der Waals surface area contributed by atoms with Crippen LogP contribution < -0.4 is 16.3 Å². The summed E-state index contributed by atoms with van der Waals surface area (Å²) in [6, 6.07) is 7.51. The van der Waals surface area contributed by atoms with Crippen molar-refractivity contribution in [3.05, 3.63) is 36.3 Å². The quantitative estimate of drug-likeness (QED) is 0.725. The minimum atomic E-state index is 0.464. The molecule has 5 rings (SSSR count). The Labute approximate surface area is 171 Å². The molecule has 2 fully saturated rings. The number of nitrogens with zero attached hydrogens (tertiary/aromatic N) is 4. The number of benzene rings is 1. The number of fused-ring (bicyclic) bond motifs is 1. The second kappa shape index (κ2) is 8.14. The van der Waals surface area contributed by atoms with Crippen LogP contribution in [0.1, 0.15) is 31.2 Å². The van der Waals surface area contributed by atoms with Crippen molar-refractivity contribution in [1.29, 1.82) is 0 Å². The fourth-order valence-corrected chi connectivity index (χ4v) is 4.68. The Hall–Kier alpha value is -2.42. The number of aromatic nitrogens is 2. The smallest absolute Gasteiger partial charge is 0.137 e. The average Bonchev–Trinajstić information content (AvgIpc) is 3.21. The number of morpholine rings is 1. The van der Waals surface area contributed by atoms with E-state index >= 15 is 0 Å². The van der Waals surface area contributed by atoms with Crippen molar-refractivity contribution in [2.24, 2.45) is 0 Å². The van der Waals surface area contributed by atoms with Gasteiger partial charge in [-0.25, -0.2) is 9.97 Å². The molecule has 154 valence electrons. The van der Waals surface area contributed by atoms with Crippen molar-refractivity contribution in [2.75, 3.05) is 38.7 Å². The van der Waals surface area contributed by atoms with Gasteiger partial charge in [0.05, 0.1) is 24.4 Å². The molecule has 1 aromatic carbocycles. The molecule has 3 aliphatic rings. The lowest BCUT2D eigenvalue weighted by molar-refractivity contribution is 0.00791. The zero-order valence-electron chi connectivity index (χ0n) is 16.9. The fourth-order valence-electron chi connectivity index (χ4n) is 4.68. The molecule has 8 nitrogen and oxygen atoms in total. The van der Waals surface area contributed by atoms with Gasteiger partial charge in [-0.2, -0.15) is 0 Å². The molecular formula is C21H29N7O. The van der Waals surface area contributed by atoms with Crippen LogP contribution in [0.5, 0.6) is 0 Å². The lowest BCUT2D eigenvalue weighted by Gasteiger charge is -2.39. The number of hydrazine groups is 2. The molecule has 0 atom stereocenters. The summed E-state index contributed by atoms with van der Waals surface area (Å²) in [6.07, 6.45) is 8.45. The van der Waals surface area contributed by atoms with E-state index in [0.717, 1.165) is 54.3 Å². The summed E-state index contributed by atoms with van der Waals surface area (Å²) >= 11 is 0. The molecule has 1 saturated carbocycles. The van der Waals surface area contributed by atoms with Crippen LogP contribution in [0.2, 0.25) is 0 Å². The first-order valence-corrected chi connectivity index (χ1v) is 10.6. The van der Waals surface area contributed by atoms with Crippen molar-refractivity contribution >= 4 is 22.4 Å². The van der Waals surface area contributed by atoms with E-state index in [1.165, 1.54) is 25.7 Å². The first-order chi connectivity index (χ1) is 14.3. The highest BCUT2D eigenvalue weighted by atomic mass is 16.5. The van der Waals surface area contributed by atoms with E-state index in [1.807, 2.05) is 18.3 Å². The first kappa shape index (κ1) is 18.6. The van der Waals surface area contributed by atoms with Gasteiger partial charge in [0.25, 0.3) is 0 Å². The molecule has 0 unspecified atom stereocenters. The molecule has 8 heteroatoms. The molecule has 29 heavy (non-hydrogen) atoms. The predicted octanol–water partition coefficient (Wildman–Crippen LogP) is 1.94. The third-order valence-electron chi connectivity index (χ3n) is 6.33. The molecule has 3 N–H and O–H groups in total.